The van der Waals surface area contributed by atoms with E-state index >= 15 is 0 Å². The predicted molar refractivity (Wildman–Crippen MR) is 137 cm³/mol. The van der Waals surface area contributed by atoms with Crippen LogP contribution >= 0.6 is 0 Å². The minimum Gasteiger partial charge on any atom is -0.480 e. The molecule has 1 aromatic carbocycles. The van der Waals surface area contributed by atoms with Gasteiger partial charge in [-0.2, -0.15) is 0 Å². The van der Waals surface area contributed by atoms with E-state index < -0.39 is 80.7 Å². The van der Waals surface area contributed by atoms with Crippen molar-refractivity contribution in [1.29, 1.82) is 0 Å². The Labute approximate surface area is 225 Å². The maximum Gasteiger partial charge on any atom is 0.317 e. The Morgan fingerprint density at radius 3 is 1.54 bits per heavy atom. The molecule has 1 aliphatic rings. The van der Waals surface area contributed by atoms with Gasteiger partial charge in [0.2, 0.25) is 0 Å². The van der Waals surface area contributed by atoms with Gasteiger partial charge in [0.1, 0.15) is 0 Å². The molecule has 0 heterocycles. The second-order valence-electron chi connectivity index (χ2n) is 9.73. The largest absolute Gasteiger partial charge is 0.480 e. The summed E-state index contributed by atoms with van der Waals surface area (Å²) in [6.07, 6.45) is 2.47. The Bertz CT molecular complexity index is 987. The molecule has 0 amide bonds. The van der Waals surface area contributed by atoms with Crippen LogP contribution in [0.25, 0.3) is 0 Å². The van der Waals surface area contributed by atoms with E-state index in [1.807, 2.05) is 0 Å². The number of nitrogens with zero attached hydrogens (tertiary/aromatic N) is 3. The molecule has 7 N–H and O–H groups in total. The Morgan fingerprint density at radius 2 is 1.10 bits per heavy atom. The standard InChI is InChI=1S/C25H36N4O10/c26-17-7-5-16(6-8-17)9-18(27(11-21(30)31)12-22(32)33)10-28(13-23(34)35)19-3-1-2-4-20(19)29(14-24(36)37)15-25(38)39/h5-8,18-20H,1-4,9-15,26H2,(H,30,31)(H,32,33)(H,34,35)(H,36,37)(H,38,39)/t18-,19-,20-/m1/s1. The van der Waals surface area contributed by atoms with Gasteiger partial charge < -0.3 is 31.3 Å². The first-order valence-electron chi connectivity index (χ1n) is 12.5. The van der Waals surface area contributed by atoms with Crippen molar-refractivity contribution in [3.8, 4) is 0 Å². The summed E-state index contributed by atoms with van der Waals surface area (Å²) < 4.78 is 0. The van der Waals surface area contributed by atoms with E-state index in [1.165, 1.54) is 9.80 Å². The molecule has 1 saturated carbocycles. The summed E-state index contributed by atoms with van der Waals surface area (Å²) in [4.78, 5) is 62.4. The van der Waals surface area contributed by atoms with Crippen LogP contribution in [0.15, 0.2) is 24.3 Å². The molecule has 0 unspecified atom stereocenters. The van der Waals surface area contributed by atoms with E-state index in [0.29, 0.717) is 31.4 Å². The molecular formula is C25H36N4O10. The van der Waals surface area contributed by atoms with Crippen LogP contribution in [-0.2, 0) is 30.4 Å². The van der Waals surface area contributed by atoms with Crippen LogP contribution in [0.2, 0.25) is 0 Å². The van der Waals surface area contributed by atoms with Crippen molar-refractivity contribution in [3.63, 3.8) is 0 Å². The molecule has 0 spiro atoms. The zero-order valence-corrected chi connectivity index (χ0v) is 21.5. The van der Waals surface area contributed by atoms with Gasteiger partial charge in [0.25, 0.3) is 0 Å². The molecular weight excluding hydrogens is 516 g/mol. The van der Waals surface area contributed by atoms with E-state index in [-0.39, 0.29) is 13.0 Å². The molecule has 14 heteroatoms. The van der Waals surface area contributed by atoms with Gasteiger partial charge in [0.05, 0.1) is 32.7 Å². The highest BCUT2D eigenvalue weighted by Crippen LogP contribution is 2.28. The van der Waals surface area contributed by atoms with Crippen LogP contribution in [0.4, 0.5) is 5.69 Å². The third-order valence-electron chi connectivity index (χ3n) is 6.74. The van der Waals surface area contributed by atoms with Gasteiger partial charge in [0.15, 0.2) is 0 Å². The first-order chi connectivity index (χ1) is 18.3. The van der Waals surface area contributed by atoms with Crippen molar-refractivity contribution < 1.29 is 49.5 Å². The number of hydrogen-bond donors (Lipinski definition) is 6. The zero-order valence-electron chi connectivity index (χ0n) is 21.5. The minimum atomic E-state index is -1.26. The predicted octanol–water partition coefficient (Wildman–Crippen LogP) is -0.180. The number of carboxylic acid groups (broad SMARTS) is 5. The molecule has 2 rings (SSSR count). The van der Waals surface area contributed by atoms with E-state index in [4.69, 9.17) is 5.73 Å². The van der Waals surface area contributed by atoms with Crippen LogP contribution in [0.1, 0.15) is 31.2 Å². The fraction of sp³-hybridized carbons (Fsp3) is 0.560. The Morgan fingerprint density at radius 1 is 0.692 bits per heavy atom. The minimum absolute atomic E-state index is 0.0492. The molecule has 0 bridgehead atoms. The van der Waals surface area contributed by atoms with E-state index in [9.17, 15) is 49.5 Å². The number of nitrogens with two attached hydrogens (primary N) is 1. The summed E-state index contributed by atoms with van der Waals surface area (Å²) in [7, 11) is 0. The van der Waals surface area contributed by atoms with Crippen molar-refractivity contribution in [1.82, 2.24) is 14.7 Å². The quantitative estimate of drug-likeness (QED) is 0.138. The zero-order chi connectivity index (χ0) is 29.1. The Hall–Kier alpha value is -3.75. The van der Waals surface area contributed by atoms with Gasteiger partial charge in [-0.25, -0.2) is 0 Å². The summed E-state index contributed by atoms with van der Waals surface area (Å²) in [5.41, 5.74) is 6.99. The highest BCUT2D eigenvalue weighted by molar-refractivity contribution is 5.73. The molecule has 39 heavy (non-hydrogen) atoms. The molecule has 1 aromatic rings. The van der Waals surface area contributed by atoms with Gasteiger partial charge >= 0.3 is 29.8 Å². The SMILES string of the molecule is Nc1ccc(C[C@H](CN(CC(=O)O)[C@@H]2CCCC[C@H]2N(CC(=O)O)CC(=O)O)N(CC(=O)O)CC(=O)O)cc1. The van der Waals surface area contributed by atoms with Crippen LogP contribution in [-0.4, -0.2) is 127 Å². The number of rotatable bonds is 17. The second-order valence-corrected chi connectivity index (χ2v) is 9.73. The molecule has 216 valence electrons. The summed E-state index contributed by atoms with van der Waals surface area (Å²) in [5.74, 6) is -6.14. The van der Waals surface area contributed by atoms with Gasteiger partial charge in [0, 0.05) is 30.4 Å². The molecule has 1 fully saturated rings. The van der Waals surface area contributed by atoms with E-state index in [1.54, 1.807) is 29.2 Å². The lowest BCUT2D eigenvalue weighted by atomic mass is 9.87. The highest BCUT2D eigenvalue weighted by Gasteiger charge is 2.38. The van der Waals surface area contributed by atoms with Gasteiger partial charge in [-0.05, 0) is 37.0 Å². The maximum atomic E-state index is 11.9. The molecule has 0 aliphatic heterocycles. The highest BCUT2D eigenvalue weighted by atomic mass is 16.4. The lowest BCUT2D eigenvalue weighted by Crippen LogP contribution is -2.59. The summed E-state index contributed by atoms with van der Waals surface area (Å²) in [6.45, 7) is -2.84. The molecule has 3 atom stereocenters. The molecule has 0 aromatic heterocycles. The number of benzene rings is 1. The maximum absolute atomic E-state index is 11.9. The first-order valence-corrected chi connectivity index (χ1v) is 12.5. The number of hydrogen-bond acceptors (Lipinski definition) is 9. The molecule has 14 nitrogen and oxygen atoms in total. The second kappa shape index (κ2) is 15.0. The average molecular weight is 553 g/mol. The lowest BCUT2D eigenvalue weighted by Gasteiger charge is -2.45. The normalized spacial score (nSPS) is 18.2. The number of carbonyl (C=O) groups is 5. The van der Waals surface area contributed by atoms with Gasteiger partial charge in [-0.15, -0.1) is 0 Å². The van der Waals surface area contributed by atoms with Crippen molar-refractivity contribution in [2.45, 2.75) is 50.2 Å². The van der Waals surface area contributed by atoms with Crippen LogP contribution < -0.4 is 5.73 Å². The molecule has 0 saturated heterocycles. The summed E-state index contributed by atoms with van der Waals surface area (Å²) in [6, 6.07) is 4.83. The fourth-order valence-corrected chi connectivity index (χ4v) is 5.24. The number of aliphatic carboxylic acids is 5. The van der Waals surface area contributed by atoms with E-state index in [2.05, 4.69) is 0 Å². The van der Waals surface area contributed by atoms with Crippen molar-refractivity contribution >= 4 is 35.5 Å². The monoisotopic (exact) mass is 552 g/mol. The fourth-order valence-electron chi connectivity index (χ4n) is 5.24. The third-order valence-corrected chi connectivity index (χ3v) is 6.74. The summed E-state index contributed by atoms with van der Waals surface area (Å²) >= 11 is 0. The smallest absolute Gasteiger partial charge is 0.317 e. The lowest BCUT2D eigenvalue weighted by molar-refractivity contribution is -0.146. The topological polar surface area (TPSA) is 222 Å². The van der Waals surface area contributed by atoms with Crippen LogP contribution in [0.3, 0.4) is 0 Å². The number of nitrogen functional groups attached to an aromatic ring is 1. The molecule has 0 radical (unpaired) electrons. The molecule has 1 aliphatic carbocycles. The van der Waals surface area contributed by atoms with Crippen molar-refractivity contribution in [3.05, 3.63) is 29.8 Å². The first kappa shape index (κ1) is 31.5. The van der Waals surface area contributed by atoms with Crippen LogP contribution in [0.5, 0.6) is 0 Å². The summed E-state index contributed by atoms with van der Waals surface area (Å²) in [5, 5.41) is 47.5. The average Bonchev–Trinajstić information content (AvgIpc) is 2.82. The van der Waals surface area contributed by atoms with Crippen molar-refractivity contribution in [2.24, 2.45) is 0 Å². The number of carboxylic acids is 5. The Kier molecular flexibility index (Phi) is 12.1. The van der Waals surface area contributed by atoms with Gasteiger partial charge in [-0.3, -0.25) is 38.7 Å². The van der Waals surface area contributed by atoms with E-state index in [0.717, 1.165) is 5.56 Å². The van der Waals surface area contributed by atoms with Crippen molar-refractivity contribution in [2.75, 3.05) is 45.0 Å². The number of anilines is 1. The van der Waals surface area contributed by atoms with Gasteiger partial charge in [-0.1, -0.05) is 25.0 Å². The Balaban J connectivity index is 2.48. The third kappa shape index (κ3) is 10.9. The van der Waals surface area contributed by atoms with Crippen LogP contribution in [0, 0.1) is 0 Å².